The smallest absolute Gasteiger partial charge is 0.0121 e. The van der Waals surface area contributed by atoms with Crippen LogP contribution in [0, 0.1) is 5.41 Å². The zero-order valence-corrected chi connectivity index (χ0v) is 10.3. The Morgan fingerprint density at radius 2 is 1.93 bits per heavy atom. The zero-order chi connectivity index (χ0) is 10.9. The van der Waals surface area contributed by atoms with Gasteiger partial charge in [0.05, 0.1) is 0 Å². The van der Waals surface area contributed by atoms with Crippen molar-refractivity contribution in [3.8, 4) is 0 Å². The van der Waals surface area contributed by atoms with E-state index in [0.717, 1.165) is 6.04 Å². The van der Waals surface area contributed by atoms with E-state index in [9.17, 15) is 0 Å². The zero-order valence-electron chi connectivity index (χ0n) is 10.3. The Morgan fingerprint density at radius 3 is 2.53 bits per heavy atom. The highest BCUT2D eigenvalue weighted by atomic mass is 15.0. The lowest BCUT2D eigenvalue weighted by Crippen LogP contribution is -2.47. The van der Waals surface area contributed by atoms with Gasteiger partial charge in [-0.25, -0.2) is 0 Å². The minimum atomic E-state index is 0.445. The first-order valence-corrected chi connectivity index (χ1v) is 6.59. The molecule has 0 aromatic rings. The van der Waals surface area contributed by atoms with Crippen LogP contribution in [0.2, 0.25) is 0 Å². The van der Waals surface area contributed by atoms with Crippen LogP contribution in [0.3, 0.4) is 0 Å². The summed E-state index contributed by atoms with van der Waals surface area (Å²) in [7, 11) is 0. The van der Waals surface area contributed by atoms with Gasteiger partial charge in [-0.05, 0) is 37.5 Å². The molecule has 2 saturated carbocycles. The second-order valence-electron chi connectivity index (χ2n) is 6.22. The normalized spacial score (nSPS) is 40.6. The third-order valence-corrected chi connectivity index (χ3v) is 4.41. The summed E-state index contributed by atoms with van der Waals surface area (Å²) in [5.41, 5.74) is 6.53. The van der Waals surface area contributed by atoms with E-state index in [2.05, 4.69) is 19.2 Å². The minimum absolute atomic E-state index is 0.445. The molecule has 0 amide bonds. The van der Waals surface area contributed by atoms with E-state index in [1.165, 1.54) is 44.9 Å². The van der Waals surface area contributed by atoms with E-state index in [0.29, 0.717) is 17.5 Å². The maximum atomic E-state index is 6.03. The molecule has 3 N–H and O–H groups in total. The molecule has 0 aromatic carbocycles. The van der Waals surface area contributed by atoms with Crippen molar-refractivity contribution < 1.29 is 0 Å². The number of nitrogens with one attached hydrogen (secondary N) is 1. The van der Waals surface area contributed by atoms with Gasteiger partial charge in [-0.3, -0.25) is 0 Å². The van der Waals surface area contributed by atoms with Crippen molar-refractivity contribution in [3.63, 3.8) is 0 Å². The van der Waals surface area contributed by atoms with Crippen LogP contribution in [0.25, 0.3) is 0 Å². The quantitative estimate of drug-likeness (QED) is 0.734. The van der Waals surface area contributed by atoms with Gasteiger partial charge in [-0.2, -0.15) is 0 Å². The monoisotopic (exact) mass is 210 g/mol. The van der Waals surface area contributed by atoms with Crippen LogP contribution in [0.15, 0.2) is 0 Å². The Morgan fingerprint density at radius 1 is 1.13 bits per heavy atom. The molecule has 2 aliphatic rings. The van der Waals surface area contributed by atoms with Crippen LogP contribution in [0.1, 0.15) is 58.8 Å². The molecule has 2 nitrogen and oxygen atoms in total. The summed E-state index contributed by atoms with van der Waals surface area (Å²) in [6.07, 6.45) is 9.19. The van der Waals surface area contributed by atoms with Crippen molar-refractivity contribution in [3.05, 3.63) is 0 Å². The highest BCUT2D eigenvalue weighted by Gasteiger charge is 2.35. The summed E-state index contributed by atoms with van der Waals surface area (Å²) in [5, 5.41) is 3.86. The second kappa shape index (κ2) is 4.42. The van der Waals surface area contributed by atoms with Gasteiger partial charge in [0, 0.05) is 18.1 Å². The summed E-state index contributed by atoms with van der Waals surface area (Å²) < 4.78 is 0. The van der Waals surface area contributed by atoms with Crippen LogP contribution < -0.4 is 11.1 Å². The Kier molecular flexibility index (Phi) is 3.36. The average Bonchev–Trinajstić information content (AvgIpc) is 2.46. The van der Waals surface area contributed by atoms with Gasteiger partial charge in [0.1, 0.15) is 0 Å². The molecule has 0 aromatic heterocycles. The van der Waals surface area contributed by atoms with Gasteiger partial charge >= 0.3 is 0 Å². The molecule has 0 aliphatic heterocycles. The molecule has 0 spiro atoms. The first-order chi connectivity index (χ1) is 7.08. The molecule has 3 atom stereocenters. The summed E-state index contributed by atoms with van der Waals surface area (Å²) in [4.78, 5) is 0. The number of nitrogens with two attached hydrogens (primary N) is 1. The molecule has 2 heteroatoms. The van der Waals surface area contributed by atoms with Crippen molar-refractivity contribution in [1.82, 2.24) is 5.32 Å². The molecular weight excluding hydrogens is 184 g/mol. The molecular formula is C13H26N2. The lowest BCUT2D eigenvalue weighted by Gasteiger charge is -2.35. The maximum absolute atomic E-state index is 6.03. The van der Waals surface area contributed by atoms with Gasteiger partial charge < -0.3 is 11.1 Å². The van der Waals surface area contributed by atoms with E-state index < -0.39 is 0 Å². The summed E-state index contributed by atoms with van der Waals surface area (Å²) >= 11 is 0. The van der Waals surface area contributed by atoms with Crippen LogP contribution >= 0.6 is 0 Å². The van der Waals surface area contributed by atoms with Crippen LogP contribution in [0.4, 0.5) is 0 Å². The minimum Gasteiger partial charge on any atom is -0.328 e. The Labute approximate surface area is 94.0 Å². The first-order valence-electron chi connectivity index (χ1n) is 6.59. The van der Waals surface area contributed by atoms with Crippen molar-refractivity contribution in [1.29, 1.82) is 0 Å². The van der Waals surface area contributed by atoms with E-state index in [-0.39, 0.29) is 0 Å². The molecule has 0 bridgehead atoms. The predicted molar refractivity (Wildman–Crippen MR) is 64.8 cm³/mol. The highest BCUT2D eigenvalue weighted by Crippen LogP contribution is 2.38. The maximum Gasteiger partial charge on any atom is 0.0121 e. The van der Waals surface area contributed by atoms with Crippen LogP contribution in [0.5, 0.6) is 0 Å². The van der Waals surface area contributed by atoms with E-state index in [1.54, 1.807) is 0 Å². The fraction of sp³-hybridized carbons (Fsp3) is 1.00. The van der Waals surface area contributed by atoms with Crippen LogP contribution in [-0.2, 0) is 0 Å². The molecule has 2 fully saturated rings. The van der Waals surface area contributed by atoms with E-state index in [4.69, 9.17) is 5.73 Å². The van der Waals surface area contributed by atoms with E-state index in [1.807, 2.05) is 0 Å². The third kappa shape index (κ3) is 2.73. The molecule has 3 unspecified atom stereocenters. The summed E-state index contributed by atoms with van der Waals surface area (Å²) in [6, 6.07) is 1.87. The largest absolute Gasteiger partial charge is 0.328 e. The highest BCUT2D eigenvalue weighted by molar-refractivity contribution is 4.93. The van der Waals surface area contributed by atoms with Crippen LogP contribution in [-0.4, -0.2) is 18.1 Å². The van der Waals surface area contributed by atoms with Crippen molar-refractivity contribution >= 4 is 0 Å². The van der Waals surface area contributed by atoms with Gasteiger partial charge in [0.15, 0.2) is 0 Å². The molecule has 0 radical (unpaired) electrons. The number of hydrogen-bond donors (Lipinski definition) is 2. The topological polar surface area (TPSA) is 38.0 Å². The Balaban J connectivity index is 1.85. The molecule has 15 heavy (non-hydrogen) atoms. The first kappa shape index (κ1) is 11.4. The van der Waals surface area contributed by atoms with E-state index >= 15 is 0 Å². The SMILES string of the molecule is CC1(C)CCCC1NC1CCCC(N)C1. The summed E-state index contributed by atoms with van der Waals surface area (Å²) in [5.74, 6) is 0. The molecule has 0 saturated heterocycles. The molecule has 2 rings (SSSR count). The second-order valence-corrected chi connectivity index (χ2v) is 6.22. The predicted octanol–water partition coefficient (Wildman–Crippen LogP) is 2.42. The van der Waals surface area contributed by atoms with Crippen molar-refractivity contribution in [2.45, 2.75) is 76.9 Å². The van der Waals surface area contributed by atoms with Crippen molar-refractivity contribution in [2.24, 2.45) is 11.1 Å². The van der Waals surface area contributed by atoms with Crippen molar-refractivity contribution in [2.75, 3.05) is 0 Å². The fourth-order valence-corrected chi connectivity index (χ4v) is 3.30. The standard InChI is InChI=1S/C13H26N2/c1-13(2)8-4-7-12(13)15-11-6-3-5-10(14)9-11/h10-12,15H,3-9,14H2,1-2H3. The molecule has 0 heterocycles. The average molecular weight is 210 g/mol. The van der Waals surface area contributed by atoms with Gasteiger partial charge in [-0.15, -0.1) is 0 Å². The lowest BCUT2D eigenvalue weighted by atomic mass is 9.85. The Bertz CT molecular complexity index is 213. The Hall–Kier alpha value is -0.0800. The number of rotatable bonds is 2. The van der Waals surface area contributed by atoms with Gasteiger partial charge in [-0.1, -0.05) is 26.7 Å². The lowest BCUT2D eigenvalue weighted by molar-refractivity contribution is 0.230. The summed E-state index contributed by atoms with van der Waals surface area (Å²) in [6.45, 7) is 4.81. The van der Waals surface area contributed by atoms with Gasteiger partial charge in [0.25, 0.3) is 0 Å². The fourth-order valence-electron chi connectivity index (χ4n) is 3.30. The molecule has 2 aliphatic carbocycles. The van der Waals surface area contributed by atoms with Gasteiger partial charge in [0.2, 0.25) is 0 Å². The number of hydrogen-bond acceptors (Lipinski definition) is 2. The molecule has 88 valence electrons. The third-order valence-electron chi connectivity index (χ3n) is 4.41.